The van der Waals surface area contributed by atoms with E-state index in [4.69, 9.17) is 4.74 Å². The third-order valence-corrected chi connectivity index (χ3v) is 4.45. The first kappa shape index (κ1) is 25.3. The van der Waals surface area contributed by atoms with Crippen molar-refractivity contribution in [2.45, 2.75) is 12.1 Å². The smallest absolute Gasteiger partial charge is 0.457 e. The van der Waals surface area contributed by atoms with Crippen molar-refractivity contribution in [2.75, 3.05) is 17.7 Å². The lowest BCUT2D eigenvalue weighted by molar-refractivity contribution is -0.289. The van der Waals surface area contributed by atoms with E-state index in [0.29, 0.717) is 12.1 Å². The monoisotopic (exact) mass is 498 g/mol. The molecule has 35 heavy (non-hydrogen) atoms. The molecule has 0 bridgehead atoms. The zero-order valence-electron chi connectivity index (χ0n) is 17.7. The molecule has 0 saturated heterocycles. The molecule has 7 nitrogen and oxygen atoms in total. The predicted molar refractivity (Wildman–Crippen MR) is 113 cm³/mol. The third-order valence-electron chi connectivity index (χ3n) is 4.45. The van der Waals surface area contributed by atoms with E-state index in [-0.39, 0.29) is 28.6 Å². The van der Waals surface area contributed by atoms with Crippen LogP contribution in [-0.2, 0) is 5.92 Å². The zero-order valence-corrected chi connectivity index (χ0v) is 17.7. The van der Waals surface area contributed by atoms with Crippen LogP contribution in [0.4, 0.5) is 42.5 Å². The second-order valence-corrected chi connectivity index (χ2v) is 6.93. The van der Waals surface area contributed by atoms with Crippen LogP contribution in [0.1, 0.15) is 16.1 Å². The fraction of sp³-hybridized carbons (Fsp3) is 0.136. The predicted octanol–water partition coefficient (Wildman–Crippen LogP) is 5.67. The number of alkyl halides is 5. The van der Waals surface area contributed by atoms with E-state index in [1.165, 1.54) is 31.4 Å². The molecule has 184 valence electrons. The Balaban J connectivity index is 1.68. The van der Waals surface area contributed by atoms with E-state index in [1.807, 2.05) is 0 Å². The zero-order chi connectivity index (χ0) is 25.8. The van der Waals surface area contributed by atoms with E-state index >= 15 is 0 Å². The number of amides is 3. The fourth-order valence-corrected chi connectivity index (χ4v) is 2.76. The molecule has 2 aromatic carbocycles. The number of aromatic nitrogens is 1. The Kier molecular flexibility index (Phi) is 7.17. The Bertz CT molecular complexity index is 1250. The minimum atomic E-state index is -5.82. The van der Waals surface area contributed by atoms with E-state index in [1.54, 1.807) is 0 Å². The maximum atomic E-state index is 14.4. The summed E-state index contributed by atoms with van der Waals surface area (Å²) in [7, 11) is 1.42. The number of hydrogen-bond acceptors (Lipinski definition) is 4. The second kappa shape index (κ2) is 9.91. The summed E-state index contributed by atoms with van der Waals surface area (Å²) in [6, 6.07) is 8.05. The minimum Gasteiger partial charge on any atom is -0.457 e. The summed E-state index contributed by atoms with van der Waals surface area (Å²) in [6.45, 7) is 0. The summed E-state index contributed by atoms with van der Waals surface area (Å²) in [4.78, 5) is 27.6. The maximum Gasteiger partial charge on any atom is 0.458 e. The molecule has 0 saturated carbocycles. The van der Waals surface area contributed by atoms with Gasteiger partial charge in [0.25, 0.3) is 5.91 Å². The van der Waals surface area contributed by atoms with Crippen molar-refractivity contribution in [1.82, 2.24) is 10.3 Å². The lowest BCUT2D eigenvalue weighted by Crippen LogP contribution is -2.33. The molecule has 1 heterocycles. The van der Waals surface area contributed by atoms with Crippen LogP contribution in [0.2, 0.25) is 0 Å². The van der Waals surface area contributed by atoms with Crippen molar-refractivity contribution in [3.05, 3.63) is 77.9 Å². The standard InChI is InChI=1S/C22H16F6N4O3/c1-29-19(33)18-11-15(7-8-30-18)35-14-5-6-17(16(23)10-14)32-20(34)31-13-4-2-3-12(9-13)21(24,25)22(26,27)28/h2-11H,1H3,(H,29,33)(H2,31,32,34). The number of anilines is 2. The van der Waals surface area contributed by atoms with Crippen molar-refractivity contribution in [3.63, 3.8) is 0 Å². The van der Waals surface area contributed by atoms with Gasteiger partial charge in [-0.15, -0.1) is 0 Å². The topological polar surface area (TPSA) is 92.4 Å². The van der Waals surface area contributed by atoms with Gasteiger partial charge in [0.15, 0.2) is 0 Å². The molecule has 0 aliphatic heterocycles. The summed E-state index contributed by atoms with van der Waals surface area (Å²) in [5.74, 6) is -6.31. The van der Waals surface area contributed by atoms with E-state index < -0.39 is 35.4 Å². The van der Waals surface area contributed by atoms with Crippen LogP contribution in [-0.4, -0.2) is 30.1 Å². The molecular formula is C22H16F6N4O3. The first-order valence-electron chi connectivity index (χ1n) is 9.69. The Morgan fingerprint density at radius 1 is 0.914 bits per heavy atom. The number of urea groups is 1. The first-order chi connectivity index (χ1) is 16.4. The van der Waals surface area contributed by atoms with Crippen molar-refractivity contribution >= 4 is 23.3 Å². The molecule has 0 fully saturated rings. The van der Waals surface area contributed by atoms with Gasteiger partial charge in [0.05, 0.1) is 5.69 Å². The molecule has 0 spiro atoms. The molecule has 0 aliphatic carbocycles. The van der Waals surface area contributed by atoms with Crippen LogP contribution >= 0.6 is 0 Å². The SMILES string of the molecule is CNC(=O)c1cc(Oc2ccc(NC(=O)Nc3cccc(C(F)(F)C(F)(F)F)c3)c(F)c2)ccn1. The van der Waals surface area contributed by atoms with Gasteiger partial charge in [-0.25, -0.2) is 9.18 Å². The highest BCUT2D eigenvalue weighted by molar-refractivity contribution is 5.99. The second-order valence-electron chi connectivity index (χ2n) is 6.93. The minimum absolute atomic E-state index is 0.0181. The Hall–Kier alpha value is -4.29. The maximum absolute atomic E-state index is 14.4. The summed E-state index contributed by atoms with van der Waals surface area (Å²) < 4.78 is 84.6. The number of hydrogen-bond donors (Lipinski definition) is 3. The van der Waals surface area contributed by atoms with Gasteiger partial charge < -0.3 is 20.7 Å². The van der Waals surface area contributed by atoms with E-state index in [0.717, 1.165) is 24.3 Å². The lowest BCUT2D eigenvalue weighted by atomic mass is 10.1. The van der Waals surface area contributed by atoms with Crippen LogP contribution in [0.3, 0.4) is 0 Å². The van der Waals surface area contributed by atoms with Gasteiger partial charge in [-0.3, -0.25) is 9.78 Å². The lowest BCUT2D eigenvalue weighted by Gasteiger charge is -2.20. The van der Waals surface area contributed by atoms with Gasteiger partial charge in [-0.05, 0) is 30.3 Å². The molecule has 3 N–H and O–H groups in total. The number of halogens is 6. The molecular weight excluding hydrogens is 482 g/mol. The van der Waals surface area contributed by atoms with Crippen LogP contribution in [0.5, 0.6) is 11.5 Å². The van der Waals surface area contributed by atoms with E-state index in [9.17, 15) is 35.9 Å². The highest BCUT2D eigenvalue weighted by atomic mass is 19.4. The van der Waals surface area contributed by atoms with Gasteiger partial charge in [-0.2, -0.15) is 22.0 Å². The molecule has 0 atom stereocenters. The van der Waals surface area contributed by atoms with Gasteiger partial charge >= 0.3 is 18.1 Å². The van der Waals surface area contributed by atoms with Crippen molar-refractivity contribution in [1.29, 1.82) is 0 Å². The Morgan fingerprint density at radius 3 is 2.29 bits per heavy atom. The quantitative estimate of drug-likeness (QED) is 0.382. The van der Waals surface area contributed by atoms with Crippen LogP contribution < -0.4 is 20.7 Å². The molecule has 3 amide bonds. The number of rotatable bonds is 6. The third kappa shape index (κ3) is 5.99. The number of carbonyl (C=O) groups excluding carboxylic acids is 2. The molecule has 3 rings (SSSR count). The number of ether oxygens (including phenoxy) is 1. The number of pyridine rings is 1. The number of benzene rings is 2. The molecule has 1 aromatic heterocycles. The van der Waals surface area contributed by atoms with Gasteiger partial charge in [0.2, 0.25) is 0 Å². The summed E-state index contributed by atoms with van der Waals surface area (Å²) in [5, 5.41) is 6.57. The number of nitrogens with zero attached hydrogens (tertiary/aromatic N) is 1. The van der Waals surface area contributed by atoms with Gasteiger partial charge in [-0.1, -0.05) is 12.1 Å². The molecule has 0 aliphatic rings. The Morgan fingerprint density at radius 2 is 1.63 bits per heavy atom. The van der Waals surface area contributed by atoms with Gasteiger partial charge in [0.1, 0.15) is 23.0 Å². The Labute approximate surface area is 194 Å². The molecule has 3 aromatic rings. The fourth-order valence-electron chi connectivity index (χ4n) is 2.76. The summed E-state index contributed by atoms with van der Waals surface area (Å²) in [5.41, 5.74) is -2.00. The van der Waals surface area contributed by atoms with Crippen molar-refractivity contribution in [2.24, 2.45) is 0 Å². The van der Waals surface area contributed by atoms with E-state index in [2.05, 4.69) is 20.9 Å². The summed E-state index contributed by atoms with van der Waals surface area (Å²) in [6.07, 6.45) is -4.50. The molecule has 0 unspecified atom stereocenters. The highest BCUT2D eigenvalue weighted by Gasteiger charge is 2.58. The van der Waals surface area contributed by atoms with Crippen molar-refractivity contribution < 1.29 is 40.7 Å². The first-order valence-corrected chi connectivity index (χ1v) is 9.69. The normalized spacial score (nSPS) is 11.5. The average molecular weight is 498 g/mol. The molecule has 0 radical (unpaired) electrons. The number of carbonyl (C=O) groups is 2. The molecule has 13 heteroatoms. The van der Waals surface area contributed by atoms with Crippen LogP contribution in [0.25, 0.3) is 0 Å². The van der Waals surface area contributed by atoms with Crippen LogP contribution in [0, 0.1) is 5.82 Å². The van der Waals surface area contributed by atoms with Gasteiger partial charge in [0, 0.05) is 36.6 Å². The summed E-state index contributed by atoms with van der Waals surface area (Å²) >= 11 is 0. The largest absolute Gasteiger partial charge is 0.458 e. The average Bonchev–Trinajstić information content (AvgIpc) is 2.80. The van der Waals surface area contributed by atoms with Crippen LogP contribution in [0.15, 0.2) is 60.8 Å². The number of nitrogens with one attached hydrogen (secondary N) is 3. The highest BCUT2D eigenvalue weighted by Crippen LogP contribution is 2.44. The van der Waals surface area contributed by atoms with Crippen molar-refractivity contribution in [3.8, 4) is 11.5 Å².